The van der Waals surface area contributed by atoms with E-state index in [1.165, 1.54) is 32.6 Å². The predicted octanol–water partition coefficient (Wildman–Crippen LogP) is 2.91. The van der Waals surface area contributed by atoms with Crippen molar-refractivity contribution < 1.29 is 0 Å². The average molecular weight is 205 g/mol. The summed E-state index contributed by atoms with van der Waals surface area (Å²) in [7, 11) is 1.23. The minimum Gasteiger partial charge on any atom is -0.0737 e. The molecule has 1 rings (SSSR count). The Kier molecular flexibility index (Phi) is 4.46. The van der Waals surface area contributed by atoms with E-state index < -0.39 is 0 Å². The van der Waals surface area contributed by atoms with Gasteiger partial charge >= 0.3 is 0 Å². The zero-order valence-electron chi connectivity index (χ0n) is 8.72. The Balaban J connectivity index is 2.33. The highest BCUT2D eigenvalue weighted by molar-refractivity contribution is 7.11. The van der Waals surface area contributed by atoms with Crippen molar-refractivity contribution in [2.75, 3.05) is 0 Å². The Bertz CT molecular complexity index is 239. The SMILES string of the molecule is Cc1ccc(CC[Si][Si](C)C)cc1. The van der Waals surface area contributed by atoms with Gasteiger partial charge in [-0.15, -0.1) is 0 Å². The van der Waals surface area contributed by atoms with Gasteiger partial charge in [-0.2, -0.15) is 0 Å². The second-order valence-corrected chi connectivity index (χ2v) is 10.6. The van der Waals surface area contributed by atoms with Gasteiger partial charge in [0.2, 0.25) is 0 Å². The van der Waals surface area contributed by atoms with Crippen LogP contribution < -0.4 is 0 Å². The summed E-state index contributed by atoms with van der Waals surface area (Å²) in [6.07, 6.45) is 1.27. The van der Waals surface area contributed by atoms with E-state index in [2.05, 4.69) is 44.3 Å². The summed E-state index contributed by atoms with van der Waals surface area (Å²) in [6, 6.07) is 10.3. The first-order valence-electron chi connectivity index (χ1n) is 4.78. The molecular formula is C11H17Si2. The fourth-order valence-corrected chi connectivity index (χ4v) is 4.00. The van der Waals surface area contributed by atoms with Gasteiger partial charge in [0.1, 0.15) is 0 Å². The van der Waals surface area contributed by atoms with E-state index in [9.17, 15) is 0 Å². The molecule has 0 atom stereocenters. The Labute approximate surface area is 85.6 Å². The maximum absolute atomic E-state index is 2.40. The van der Waals surface area contributed by atoms with Crippen LogP contribution in [0.1, 0.15) is 11.1 Å². The lowest BCUT2D eigenvalue weighted by molar-refractivity contribution is 1.13. The average Bonchev–Trinajstić information content (AvgIpc) is 2.08. The van der Waals surface area contributed by atoms with E-state index >= 15 is 0 Å². The molecule has 0 N–H and O–H groups in total. The number of rotatable bonds is 4. The summed E-state index contributed by atoms with van der Waals surface area (Å²) < 4.78 is 0. The Morgan fingerprint density at radius 3 is 2.31 bits per heavy atom. The summed E-state index contributed by atoms with van der Waals surface area (Å²) in [5.74, 6) is 0. The first kappa shape index (κ1) is 10.7. The quantitative estimate of drug-likeness (QED) is 0.663. The molecule has 13 heavy (non-hydrogen) atoms. The van der Waals surface area contributed by atoms with Crippen LogP contribution in [0.3, 0.4) is 0 Å². The molecule has 0 aliphatic rings. The van der Waals surface area contributed by atoms with Crippen molar-refractivity contribution in [3.8, 4) is 0 Å². The maximum Gasteiger partial charge on any atom is 0.0278 e. The standard InChI is InChI=1S/C11H17Si2/c1-10-4-6-11(7-5-10)8-9-12-13(2)3/h4-7H,8-9H2,1-3H3. The van der Waals surface area contributed by atoms with Crippen molar-refractivity contribution in [1.82, 2.24) is 0 Å². The molecule has 0 spiro atoms. The lowest BCUT2D eigenvalue weighted by atomic mass is 10.1. The second kappa shape index (κ2) is 5.40. The zero-order valence-corrected chi connectivity index (χ0v) is 10.7. The van der Waals surface area contributed by atoms with Crippen molar-refractivity contribution in [2.45, 2.75) is 32.5 Å². The molecule has 1 aromatic rings. The number of benzene rings is 1. The monoisotopic (exact) mass is 205 g/mol. The molecule has 0 bridgehead atoms. The van der Waals surface area contributed by atoms with E-state index in [0.29, 0.717) is 0 Å². The van der Waals surface area contributed by atoms with Gasteiger partial charge in [0.15, 0.2) is 0 Å². The van der Waals surface area contributed by atoms with Gasteiger partial charge in [0.25, 0.3) is 0 Å². The van der Waals surface area contributed by atoms with Crippen molar-refractivity contribution in [1.29, 1.82) is 0 Å². The van der Waals surface area contributed by atoms with Crippen molar-refractivity contribution in [3.63, 3.8) is 0 Å². The second-order valence-electron chi connectivity index (χ2n) is 3.66. The molecule has 0 amide bonds. The summed E-state index contributed by atoms with van der Waals surface area (Å²) in [6.45, 7) is 6.95. The minimum absolute atomic E-state index is 0.0155. The fourth-order valence-electron chi connectivity index (χ4n) is 1.21. The Hall–Kier alpha value is -0.346. The van der Waals surface area contributed by atoms with E-state index in [4.69, 9.17) is 0 Å². The van der Waals surface area contributed by atoms with Gasteiger partial charge in [0, 0.05) is 17.4 Å². The van der Waals surface area contributed by atoms with Gasteiger partial charge in [-0.3, -0.25) is 0 Å². The molecule has 0 fully saturated rings. The third kappa shape index (κ3) is 4.43. The normalized spacial score (nSPS) is 10.8. The molecular weight excluding hydrogens is 188 g/mol. The number of hydrogen-bond acceptors (Lipinski definition) is 0. The van der Waals surface area contributed by atoms with E-state index in [1.54, 1.807) is 0 Å². The lowest BCUT2D eigenvalue weighted by Gasteiger charge is -2.02. The molecule has 0 heterocycles. The summed E-state index contributed by atoms with van der Waals surface area (Å²) in [5.41, 5.74) is 2.86. The van der Waals surface area contributed by atoms with Crippen LogP contribution >= 0.6 is 0 Å². The molecule has 0 saturated carbocycles. The zero-order chi connectivity index (χ0) is 9.68. The van der Waals surface area contributed by atoms with Gasteiger partial charge in [-0.05, 0) is 18.9 Å². The van der Waals surface area contributed by atoms with Crippen LogP contribution in [0.15, 0.2) is 24.3 Å². The molecule has 0 aliphatic heterocycles. The topological polar surface area (TPSA) is 0 Å². The molecule has 69 valence electrons. The summed E-state index contributed by atoms with van der Waals surface area (Å²) in [4.78, 5) is 0. The predicted molar refractivity (Wildman–Crippen MR) is 62.9 cm³/mol. The van der Waals surface area contributed by atoms with E-state index in [-0.39, 0.29) is 8.31 Å². The van der Waals surface area contributed by atoms with Gasteiger partial charge < -0.3 is 0 Å². The minimum atomic E-state index is 0.0155. The molecule has 0 unspecified atom stereocenters. The van der Waals surface area contributed by atoms with Crippen molar-refractivity contribution >= 4 is 17.4 Å². The van der Waals surface area contributed by atoms with Crippen LogP contribution in [-0.2, 0) is 6.42 Å². The highest BCUT2D eigenvalue weighted by Gasteiger charge is 1.98. The van der Waals surface area contributed by atoms with Crippen LogP contribution in [0.2, 0.25) is 19.1 Å². The first-order chi connectivity index (χ1) is 6.18. The van der Waals surface area contributed by atoms with Crippen molar-refractivity contribution in [3.05, 3.63) is 35.4 Å². The fraction of sp³-hybridized carbons (Fsp3) is 0.455. The van der Waals surface area contributed by atoms with Gasteiger partial charge in [-0.1, -0.05) is 49.0 Å². The molecule has 3 radical (unpaired) electrons. The molecule has 1 aromatic carbocycles. The third-order valence-electron chi connectivity index (χ3n) is 2.01. The summed E-state index contributed by atoms with van der Waals surface area (Å²) in [5, 5.41) is 0. The van der Waals surface area contributed by atoms with Crippen LogP contribution in [-0.4, -0.2) is 17.4 Å². The Morgan fingerprint density at radius 1 is 1.15 bits per heavy atom. The van der Waals surface area contributed by atoms with E-state index in [0.717, 1.165) is 0 Å². The van der Waals surface area contributed by atoms with Crippen LogP contribution in [0.4, 0.5) is 0 Å². The Morgan fingerprint density at radius 2 is 1.77 bits per heavy atom. The lowest BCUT2D eigenvalue weighted by Crippen LogP contribution is -2.12. The molecule has 2 heteroatoms. The third-order valence-corrected chi connectivity index (χ3v) is 6.09. The smallest absolute Gasteiger partial charge is 0.0278 e. The van der Waals surface area contributed by atoms with Crippen LogP contribution in [0.5, 0.6) is 0 Å². The van der Waals surface area contributed by atoms with Crippen LogP contribution in [0.25, 0.3) is 0 Å². The highest BCUT2D eigenvalue weighted by atomic mass is 29.2. The largest absolute Gasteiger partial charge is 0.0737 e. The highest BCUT2D eigenvalue weighted by Crippen LogP contribution is 2.05. The van der Waals surface area contributed by atoms with E-state index in [1.807, 2.05) is 0 Å². The first-order valence-corrected chi connectivity index (χ1v) is 9.49. The van der Waals surface area contributed by atoms with Gasteiger partial charge in [0.05, 0.1) is 0 Å². The number of aryl methyl sites for hydroxylation is 2. The van der Waals surface area contributed by atoms with Crippen molar-refractivity contribution in [2.24, 2.45) is 0 Å². The number of hydrogen-bond donors (Lipinski definition) is 0. The van der Waals surface area contributed by atoms with Crippen LogP contribution in [0, 0.1) is 6.92 Å². The molecule has 0 aliphatic carbocycles. The summed E-state index contributed by atoms with van der Waals surface area (Å²) >= 11 is 0. The molecule has 0 nitrogen and oxygen atoms in total. The molecule has 0 saturated heterocycles. The maximum atomic E-state index is 2.40. The van der Waals surface area contributed by atoms with Gasteiger partial charge in [-0.25, -0.2) is 0 Å². The molecule has 0 aromatic heterocycles.